The molecule has 0 bridgehead atoms. The van der Waals surface area contributed by atoms with Crippen molar-refractivity contribution in [1.82, 2.24) is 0 Å². The van der Waals surface area contributed by atoms with E-state index in [9.17, 15) is 14.4 Å². The van der Waals surface area contributed by atoms with Crippen molar-refractivity contribution >= 4 is 17.7 Å². The third-order valence-electron chi connectivity index (χ3n) is 16.3. The number of rotatable bonds is 8. The lowest BCUT2D eigenvalue weighted by atomic mass is 9.37. The number of ketones is 1. The van der Waals surface area contributed by atoms with Crippen LogP contribution >= 0.6 is 0 Å². The molecular weight excluding hydrogens is 681 g/mol. The molecule has 0 aliphatic heterocycles. The number of carbonyl (C=O) groups excluding carboxylic acids is 3. The van der Waals surface area contributed by atoms with Gasteiger partial charge in [0, 0.05) is 11.8 Å². The molecule has 0 saturated heterocycles. The first-order valence-electron chi connectivity index (χ1n) is 21.7. The van der Waals surface area contributed by atoms with Gasteiger partial charge in [0.1, 0.15) is 13.2 Å². The molecule has 0 spiro atoms. The van der Waals surface area contributed by atoms with Gasteiger partial charge in [-0.05, 0) is 151 Å². The summed E-state index contributed by atoms with van der Waals surface area (Å²) >= 11 is 0. The van der Waals surface area contributed by atoms with Gasteiger partial charge in [0.2, 0.25) is 0 Å². The van der Waals surface area contributed by atoms with E-state index >= 15 is 0 Å². The Balaban J connectivity index is 1.00. The molecule has 5 nitrogen and oxygen atoms in total. The van der Waals surface area contributed by atoms with Crippen molar-refractivity contribution in [1.29, 1.82) is 0 Å². The van der Waals surface area contributed by atoms with Crippen LogP contribution in [0, 0.1) is 57.2 Å². The van der Waals surface area contributed by atoms with E-state index in [0.717, 1.165) is 68.9 Å². The van der Waals surface area contributed by atoms with Gasteiger partial charge in [0.15, 0.2) is 5.78 Å². The molecule has 55 heavy (non-hydrogen) atoms. The quantitative estimate of drug-likeness (QED) is 0.248. The van der Waals surface area contributed by atoms with Gasteiger partial charge in [-0.3, -0.25) is 9.59 Å². The number of hydrogen-bond donors (Lipinski definition) is 0. The van der Waals surface area contributed by atoms with E-state index in [1.807, 2.05) is 42.5 Å². The predicted molar refractivity (Wildman–Crippen MR) is 217 cm³/mol. The molecule has 0 radical (unpaired) electrons. The molecule has 294 valence electrons. The smallest absolute Gasteiger partial charge is 0.337 e. The number of Topliss-reactive ketones (excluding diaryl/α,β-unsaturated/α-hetero) is 1. The normalized spacial score (nSPS) is 36.5. The molecule has 3 saturated carbocycles. The maximum atomic E-state index is 13.9. The Labute approximate surface area is 330 Å². The lowest BCUT2D eigenvalue weighted by molar-refractivity contribution is -0.163. The molecule has 1 aromatic rings. The molecule has 0 aromatic heterocycles. The third kappa shape index (κ3) is 6.48. The van der Waals surface area contributed by atoms with Gasteiger partial charge >= 0.3 is 11.9 Å². The summed E-state index contributed by atoms with van der Waals surface area (Å²) in [5.41, 5.74) is 7.21. The van der Waals surface area contributed by atoms with Crippen LogP contribution in [0.25, 0.3) is 0 Å². The highest BCUT2D eigenvalue weighted by atomic mass is 16.5. The number of allylic oxidation sites excluding steroid dienone is 7. The van der Waals surface area contributed by atoms with E-state index in [0.29, 0.717) is 54.7 Å². The van der Waals surface area contributed by atoms with Gasteiger partial charge in [-0.2, -0.15) is 0 Å². The van der Waals surface area contributed by atoms with Crippen LogP contribution in [0.3, 0.4) is 0 Å². The zero-order valence-electron chi connectivity index (χ0n) is 34.4. The second-order valence-corrected chi connectivity index (χ2v) is 19.9. The maximum Gasteiger partial charge on any atom is 0.337 e. The van der Waals surface area contributed by atoms with Crippen molar-refractivity contribution < 1.29 is 23.9 Å². The fraction of sp³-hybridized carbons (Fsp3) is 0.620. The first-order valence-corrected chi connectivity index (χ1v) is 21.7. The van der Waals surface area contributed by atoms with Crippen molar-refractivity contribution in [2.45, 2.75) is 132 Å². The molecule has 1 aromatic carbocycles. The predicted octanol–water partition coefficient (Wildman–Crippen LogP) is 11.4. The molecule has 8 rings (SSSR count). The molecule has 0 amide bonds. The SMILES string of the molecule is CC(C)C1=C2C3CCC4C(C)(CCC5C(C)(C)C(C6=CCC(C(=O)OCc7ccccc7)CC6)=CCC54C)C3CCC2(COC(=O)C2=CCCC=C2)CC1=O. The van der Waals surface area contributed by atoms with Gasteiger partial charge in [0.05, 0.1) is 11.5 Å². The van der Waals surface area contributed by atoms with Gasteiger partial charge in [-0.1, -0.05) is 102 Å². The highest BCUT2D eigenvalue weighted by Crippen LogP contribution is 2.73. The average Bonchev–Trinajstić information content (AvgIpc) is 3.49. The minimum atomic E-state index is -0.355. The second kappa shape index (κ2) is 14.5. The molecule has 7 aliphatic rings. The van der Waals surface area contributed by atoms with Crippen LogP contribution in [0.5, 0.6) is 0 Å². The molecule has 0 N–H and O–H groups in total. The number of ether oxygens (including phenoxy) is 2. The summed E-state index contributed by atoms with van der Waals surface area (Å²) < 4.78 is 11.9. The Bertz CT molecular complexity index is 1870. The highest BCUT2D eigenvalue weighted by molar-refractivity contribution is 6.01. The largest absolute Gasteiger partial charge is 0.461 e. The van der Waals surface area contributed by atoms with E-state index in [2.05, 4.69) is 59.8 Å². The standard InChI is InChI=1S/C50H64O5/c1-32(2)43-40(51)29-50(31-55-46(53)35-15-11-8-12-16-35)28-24-39-37(44(43)50)21-22-42-48(39,5)27-25-41-47(3,4)38(23-26-49(41,42)6)34-17-19-36(20-18-34)45(52)54-30-33-13-9-7-10-14-33/h7,9-11,13-17,23,32,36-37,39,41-42H,8,12,18-22,24-31H2,1-6H3. The maximum absolute atomic E-state index is 13.9. The number of fused-ring (bicyclic) bond motifs is 7. The second-order valence-electron chi connectivity index (χ2n) is 19.9. The monoisotopic (exact) mass is 744 g/mol. The van der Waals surface area contributed by atoms with Gasteiger partial charge < -0.3 is 9.47 Å². The lowest BCUT2D eigenvalue weighted by Crippen LogP contribution is -2.60. The summed E-state index contributed by atoms with van der Waals surface area (Å²) in [6, 6.07) is 9.96. The fourth-order valence-corrected chi connectivity index (χ4v) is 13.9. The average molecular weight is 745 g/mol. The topological polar surface area (TPSA) is 69.7 Å². The summed E-state index contributed by atoms with van der Waals surface area (Å²) in [6.07, 6.45) is 23.7. The van der Waals surface area contributed by atoms with Crippen LogP contribution < -0.4 is 0 Å². The van der Waals surface area contributed by atoms with E-state index < -0.39 is 0 Å². The molecule has 8 atom stereocenters. The lowest BCUT2D eigenvalue weighted by Gasteiger charge is -2.68. The van der Waals surface area contributed by atoms with Crippen molar-refractivity contribution in [3.8, 4) is 0 Å². The van der Waals surface area contributed by atoms with Crippen molar-refractivity contribution in [2.24, 2.45) is 57.2 Å². The zero-order valence-corrected chi connectivity index (χ0v) is 34.4. The van der Waals surface area contributed by atoms with Crippen molar-refractivity contribution in [3.63, 3.8) is 0 Å². The summed E-state index contributed by atoms with van der Waals surface area (Å²) in [5.74, 6) is 2.23. The summed E-state index contributed by atoms with van der Waals surface area (Å²) in [7, 11) is 0. The first kappa shape index (κ1) is 38.4. The fourth-order valence-electron chi connectivity index (χ4n) is 13.9. The van der Waals surface area contributed by atoms with E-state index in [-0.39, 0.29) is 45.4 Å². The summed E-state index contributed by atoms with van der Waals surface area (Å²) in [4.78, 5) is 40.2. The minimum Gasteiger partial charge on any atom is -0.461 e. The van der Waals surface area contributed by atoms with E-state index in [1.165, 1.54) is 36.0 Å². The zero-order chi connectivity index (χ0) is 38.8. The molecule has 0 heterocycles. The summed E-state index contributed by atoms with van der Waals surface area (Å²) in [6.45, 7) is 15.3. The van der Waals surface area contributed by atoms with Crippen LogP contribution in [0.2, 0.25) is 0 Å². The van der Waals surface area contributed by atoms with Gasteiger partial charge in [-0.15, -0.1) is 0 Å². The van der Waals surface area contributed by atoms with Gasteiger partial charge in [0.25, 0.3) is 0 Å². The minimum absolute atomic E-state index is 0.0530. The first-order chi connectivity index (χ1) is 26.3. The Morgan fingerprint density at radius 3 is 2.36 bits per heavy atom. The van der Waals surface area contributed by atoms with Crippen LogP contribution in [-0.4, -0.2) is 24.3 Å². The molecule has 5 heteroatoms. The van der Waals surface area contributed by atoms with E-state index in [4.69, 9.17) is 9.47 Å². The van der Waals surface area contributed by atoms with Crippen LogP contribution in [0.15, 0.2) is 88.6 Å². The Kier molecular flexibility index (Phi) is 10.1. The van der Waals surface area contributed by atoms with E-state index in [1.54, 1.807) is 0 Å². The van der Waals surface area contributed by atoms with Crippen LogP contribution in [0.1, 0.15) is 131 Å². The molecule has 8 unspecified atom stereocenters. The summed E-state index contributed by atoms with van der Waals surface area (Å²) in [5, 5.41) is 0. The Morgan fingerprint density at radius 2 is 1.65 bits per heavy atom. The van der Waals surface area contributed by atoms with Crippen LogP contribution in [0.4, 0.5) is 0 Å². The highest BCUT2D eigenvalue weighted by Gasteiger charge is 2.65. The molecular formula is C50H64O5. The van der Waals surface area contributed by atoms with Crippen LogP contribution in [-0.2, 0) is 30.5 Å². The molecule has 3 fully saturated rings. The van der Waals surface area contributed by atoms with Crippen molar-refractivity contribution in [3.05, 3.63) is 94.1 Å². The number of hydrogen-bond acceptors (Lipinski definition) is 5. The molecule has 7 aliphatic carbocycles. The van der Waals surface area contributed by atoms with Gasteiger partial charge in [-0.25, -0.2) is 4.79 Å². The Hall–Kier alpha value is -3.47. The Morgan fingerprint density at radius 1 is 0.855 bits per heavy atom. The number of benzene rings is 1. The number of carbonyl (C=O) groups is 3. The number of esters is 2. The van der Waals surface area contributed by atoms with Crippen molar-refractivity contribution in [2.75, 3.05) is 6.61 Å². The third-order valence-corrected chi connectivity index (χ3v) is 16.3.